The first-order chi connectivity index (χ1) is 21.2. The highest BCUT2D eigenvalue weighted by Gasteiger charge is 2.13. The molecule has 0 spiro atoms. The van der Waals surface area contributed by atoms with Gasteiger partial charge in [0, 0.05) is 0 Å². The quantitative estimate of drug-likeness (QED) is 0.0624. The summed E-state index contributed by atoms with van der Waals surface area (Å²) in [7, 11) is -1.36. The molecule has 0 saturated carbocycles. The van der Waals surface area contributed by atoms with Crippen LogP contribution in [0.25, 0.3) is 0 Å². The largest absolute Gasteiger partial charge is 0.488 e. The maximum atomic E-state index is 9.84. The third-order valence-corrected chi connectivity index (χ3v) is 9.51. The average Bonchev–Trinajstić information content (AvgIpc) is 3.01. The van der Waals surface area contributed by atoms with E-state index in [4.69, 9.17) is 0 Å². The van der Waals surface area contributed by atoms with Gasteiger partial charge in [-0.05, 0) is 42.3 Å². The number of benzene rings is 1. The van der Waals surface area contributed by atoms with Crippen molar-refractivity contribution in [1.29, 1.82) is 0 Å². The van der Waals surface area contributed by atoms with Gasteiger partial charge in [0.25, 0.3) is 0 Å². The van der Waals surface area contributed by atoms with E-state index in [0.29, 0.717) is 5.46 Å². The number of rotatable bonds is 33. The Morgan fingerprint density at radius 3 is 0.814 bits per heavy atom. The van der Waals surface area contributed by atoms with Crippen LogP contribution in [-0.4, -0.2) is 17.2 Å². The van der Waals surface area contributed by atoms with E-state index in [0.717, 1.165) is 12.8 Å². The van der Waals surface area contributed by atoms with E-state index in [1.807, 2.05) is 12.1 Å². The maximum Gasteiger partial charge on any atom is 0.488 e. The van der Waals surface area contributed by atoms with Gasteiger partial charge in [-0.25, -0.2) is 0 Å². The third kappa shape index (κ3) is 26.2. The van der Waals surface area contributed by atoms with Gasteiger partial charge in [0.05, 0.1) is 0 Å². The zero-order valence-corrected chi connectivity index (χ0v) is 29.3. The molecule has 2 nitrogen and oxygen atoms in total. The first-order valence-electron chi connectivity index (χ1n) is 19.7. The summed E-state index contributed by atoms with van der Waals surface area (Å²) in [5.74, 6) is 0. The highest BCUT2D eigenvalue weighted by Crippen LogP contribution is 2.17. The molecule has 0 unspecified atom stereocenters. The van der Waals surface area contributed by atoms with Gasteiger partial charge in [0.1, 0.15) is 0 Å². The highest BCUT2D eigenvalue weighted by molar-refractivity contribution is 6.58. The summed E-state index contributed by atoms with van der Waals surface area (Å²) in [5.41, 5.74) is 3.25. The summed E-state index contributed by atoms with van der Waals surface area (Å²) in [6, 6.07) is 6.37. The average molecular weight is 599 g/mol. The maximum absolute atomic E-state index is 9.84. The van der Waals surface area contributed by atoms with Crippen LogP contribution in [0.5, 0.6) is 0 Å². The van der Waals surface area contributed by atoms with Crippen LogP contribution >= 0.6 is 0 Å². The zero-order chi connectivity index (χ0) is 31.1. The topological polar surface area (TPSA) is 40.5 Å². The Bertz CT molecular complexity index is 651. The molecule has 0 amide bonds. The fraction of sp³-hybridized carbons (Fsp3) is 0.850. The summed E-state index contributed by atoms with van der Waals surface area (Å²) < 4.78 is 0. The Kier molecular flexibility index (Phi) is 29.2. The van der Waals surface area contributed by atoms with E-state index in [-0.39, 0.29) is 0 Å². The molecule has 0 aliphatic rings. The molecule has 2 N–H and O–H groups in total. The lowest BCUT2D eigenvalue weighted by Crippen LogP contribution is -2.30. The molecule has 0 bridgehead atoms. The monoisotopic (exact) mass is 599 g/mol. The first kappa shape index (κ1) is 40.2. The lowest BCUT2D eigenvalue weighted by atomic mass is 9.78. The lowest BCUT2D eigenvalue weighted by Gasteiger charge is -2.10. The molecular weight excluding hydrogens is 523 g/mol. The second-order valence-electron chi connectivity index (χ2n) is 13.9. The Labute approximate surface area is 270 Å². The molecule has 0 heterocycles. The minimum Gasteiger partial charge on any atom is -0.423 e. The normalized spacial score (nSPS) is 11.4. The van der Waals surface area contributed by atoms with Crippen molar-refractivity contribution in [3.8, 4) is 0 Å². The molecule has 1 rings (SSSR count). The predicted molar refractivity (Wildman–Crippen MR) is 194 cm³/mol. The van der Waals surface area contributed by atoms with Crippen LogP contribution in [0, 0.1) is 0 Å². The first-order valence-corrected chi connectivity index (χ1v) is 19.7. The van der Waals surface area contributed by atoms with E-state index >= 15 is 0 Å². The summed E-state index contributed by atoms with van der Waals surface area (Å²) in [5, 5.41) is 19.7. The Hall–Kier alpha value is -0.795. The molecule has 0 aromatic heterocycles. The lowest BCUT2D eigenvalue weighted by molar-refractivity contribution is 0.425. The molecule has 43 heavy (non-hydrogen) atoms. The van der Waals surface area contributed by atoms with Crippen molar-refractivity contribution in [1.82, 2.24) is 0 Å². The molecule has 0 radical (unpaired) electrons. The second kappa shape index (κ2) is 31.2. The summed E-state index contributed by atoms with van der Waals surface area (Å²) in [6.45, 7) is 4.58. The standard InChI is InChI=1S/C40H75BO2/c1-3-5-7-9-11-13-15-17-19-21-23-25-27-29-31-33-38-35-39(37-40(36-38)41(42)43)34-32-30-28-26-24-22-20-18-16-14-12-10-8-6-4-2/h35-37,42-43H,3-34H2,1-2H3. The van der Waals surface area contributed by atoms with Crippen molar-refractivity contribution >= 4 is 12.6 Å². The molecule has 3 heteroatoms. The van der Waals surface area contributed by atoms with Gasteiger partial charge in [-0.15, -0.1) is 0 Å². The van der Waals surface area contributed by atoms with Crippen LogP contribution < -0.4 is 5.46 Å². The molecule has 1 aromatic rings. The molecule has 0 aliphatic heterocycles. The van der Waals surface area contributed by atoms with Gasteiger partial charge in [-0.3, -0.25) is 0 Å². The third-order valence-electron chi connectivity index (χ3n) is 9.51. The fourth-order valence-electron chi connectivity index (χ4n) is 6.63. The second-order valence-corrected chi connectivity index (χ2v) is 13.9. The van der Waals surface area contributed by atoms with Crippen LogP contribution in [0.1, 0.15) is 218 Å². The summed E-state index contributed by atoms with van der Waals surface area (Å²) in [4.78, 5) is 0. The van der Waals surface area contributed by atoms with Gasteiger partial charge >= 0.3 is 7.12 Å². The van der Waals surface area contributed by atoms with E-state index < -0.39 is 7.12 Å². The molecule has 1 aromatic carbocycles. The van der Waals surface area contributed by atoms with E-state index in [1.165, 1.54) is 204 Å². The van der Waals surface area contributed by atoms with Crippen molar-refractivity contribution in [2.24, 2.45) is 0 Å². The Balaban J connectivity index is 2.05. The van der Waals surface area contributed by atoms with Gasteiger partial charge < -0.3 is 10.0 Å². The van der Waals surface area contributed by atoms with Gasteiger partial charge in [0.2, 0.25) is 0 Å². The number of unbranched alkanes of at least 4 members (excludes halogenated alkanes) is 28. The van der Waals surface area contributed by atoms with Crippen molar-refractivity contribution in [2.45, 2.75) is 219 Å². The minimum absolute atomic E-state index is 0.675. The SMILES string of the molecule is CCCCCCCCCCCCCCCCCc1cc(CCCCCCCCCCCCCCCCC)cc(B(O)O)c1. The molecule has 250 valence electrons. The Morgan fingerprint density at radius 1 is 0.349 bits per heavy atom. The summed E-state index contributed by atoms with van der Waals surface area (Å²) in [6.07, 6.45) is 43.8. The molecule has 0 aliphatic carbocycles. The molecule has 0 fully saturated rings. The number of aryl methyl sites for hydroxylation is 2. The fourth-order valence-corrected chi connectivity index (χ4v) is 6.63. The van der Waals surface area contributed by atoms with Crippen LogP contribution in [0.3, 0.4) is 0 Å². The van der Waals surface area contributed by atoms with Crippen molar-refractivity contribution in [3.63, 3.8) is 0 Å². The molecule has 0 atom stereocenters. The van der Waals surface area contributed by atoms with Crippen LogP contribution in [0.15, 0.2) is 18.2 Å². The van der Waals surface area contributed by atoms with E-state index in [9.17, 15) is 10.0 Å². The van der Waals surface area contributed by atoms with Crippen LogP contribution in [0.4, 0.5) is 0 Å². The van der Waals surface area contributed by atoms with Gasteiger partial charge in [-0.2, -0.15) is 0 Å². The predicted octanol–water partition coefficient (Wildman–Crippen LogP) is 12.2. The molecular formula is C40H75BO2. The smallest absolute Gasteiger partial charge is 0.423 e. The minimum atomic E-state index is -1.36. The van der Waals surface area contributed by atoms with Gasteiger partial charge in [-0.1, -0.05) is 212 Å². The van der Waals surface area contributed by atoms with Gasteiger partial charge in [0.15, 0.2) is 0 Å². The van der Waals surface area contributed by atoms with Crippen molar-refractivity contribution in [3.05, 3.63) is 29.3 Å². The van der Waals surface area contributed by atoms with Crippen molar-refractivity contribution < 1.29 is 10.0 Å². The molecule has 0 saturated heterocycles. The number of hydrogen-bond acceptors (Lipinski definition) is 2. The Morgan fingerprint density at radius 2 is 0.581 bits per heavy atom. The van der Waals surface area contributed by atoms with E-state index in [1.54, 1.807) is 0 Å². The zero-order valence-electron chi connectivity index (χ0n) is 29.3. The number of hydrogen-bond donors (Lipinski definition) is 2. The van der Waals surface area contributed by atoms with E-state index in [2.05, 4.69) is 19.9 Å². The van der Waals surface area contributed by atoms with Crippen LogP contribution in [-0.2, 0) is 12.8 Å². The summed E-state index contributed by atoms with van der Waals surface area (Å²) >= 11 is 0. The van der Waals surface area contributed by atoms with Crippen LogP contribution in [0.2, 0.25) is 0 Å². The highest BCUT2D eigenvalue weighted by atomic mass is 16.4. The van der Waals surface area contributed by atoms with Crippen molar-refractivity contribution in [2.75, 3.05) is 0 Å².